The zero-order valence-corrected chi connectivity index (χ0v) is 12.3. The molecule has 0 unspecified atom stereocenters. The van der Waals surface area contributed by atoms with Crippen LogP contribution in [0.2, 0.25) is 5.02 Å². The number of hydrogen-bond acceptors (Lipinski definition) is 4. The molecular weight excluding hydrogens is 282 g/mol. The second kappa shape index (κ2) is 5.63. The summed E-state index contributed by atoms with van der Waals surface area (Å²) in [5.41, 5.74) is 8.28. The number of thiophene rings is 1. The summed E-state index contributed by atoms with van der Waals surface area (Å²) in [6.45, 7) is 4.04. The summed E-state index contributed by atoms with van der Waals surface area (Å²) < 4.78 is 4.98. The number of anilines is 1. The zero-order valence-electron chi connectivity index (χ0n) is 10.7. The lowest BCUT2D eigenvalue weighted by molar-refractivity contribution is 0.0533. The molecule has 1 aromatic carbocycles. The SMILES string of the molecule is CCOC(=O)c1sc(-c2cccc(Cl)c2C)cc1N. The molecule has 0 aliphatic carbocycles. The van der Waals surface area contributed by atoms with Crippen molar-refractivity contribution < 1.29 is 9.53 Å². The molecule has 0 bridgehead atoms. The fraction of sp³-hybridized carbons (Fsp3) is 0.214. The van der Waals surface area contributed by atoms with Crippen LogP contribution < -0.4 is 5.73 Å². The average Bonchev–Trinajstić information content (AvgIpc) is 2.75. The molecule has 0 amide bonds. The molecule has 2 N–H and O–H groups in total. The minimum Gasteiger partial charge on any atom is -0.462 e. The molecule has 0 spiro atoms. The van der Waals surface area contributed by atoms with E-state index in [0.717, 1.165) is 16.0 Å². The van der Waals surface area contributed by atoms with E-state index in [2.05, 4.69) is 0 Å². The van der Waals surface area contributed by atoms with Gasteiger partial charge in [0, 0.05) is 9.90 Å². The minimum absolute atomic E-state index is 0.335. The average molecular weight is 296 g/mol. The Morgan fingerprint density at radius 1 is 1.47 bits per heavy atom. The first-order valence-corrected chi connectivity index (χ1v) is 7.06. The van der Waals surface area contributed by atoms with Crippen LogP contribution >= 0.6 is 22.9 Å². The molecule has 0 fully saturated rings. The largest absolute Gasteiger partial charge is 0.462 e. The van der Waals surface area contributed by atoms with Gasteiger partial charge >= 0.3 is 5.97 Å². The normalized spacial score (nSPS) is 10.5. The van der Waals surface area contributed by atoms with Crippen molar-refractivity contribution in [3.63, 3.8) is 0 Å². The number of carbonyl (C=O) groups is 1. The number of benzene rings is 1. The standard InChI is InChI=1S/C14H14ClNO2S/c1-3-18-14(17)13-11(16)7-12(19-13)9-5-4-6-10(15)8(9)2/h4-7H,3,16H2,1-2H3. The van der Waals surface area contributed by atoms with Crippen LogP contribution in [0.4, 0.5) is 5.69 Å². The van der Waals surface area contributed by atoms with E-state index in [9.17, 15) is 4.79 Å². The Labute approximate surface area is 121 Å². The summed E-state index contributed by atoms with van der Waals surface area (Å²) in [4.78, 5) is 13.1. The van der Waals surface area contributed by atoms with Gasteiger partial charge in [-0.2, -0.15) is 0 Å². The molecular formula is C14H14ClNO2S. The van der Waals surface area contributed by atoms with Crippen molar-refractivity contribution in [1.82, 2.24) is 0 Å². The lowest BCUT2D eigenvalue weighted by Crippen LogP contribution is -2.04. The lowest BCUT2D eigenvalue weighted by Gasteiger charge is -2.04. The van der Waals surface area contributed by atoms with Crippen molar-refractivity contribution in [2.24, 2.45) is 0 Å². The molecule has 1 aromatic heterocycles. The second-order valence-electron chi connectivity index (χ2n) is 4.03. The van der Waals surface area contributed by atoms with Crippen molar-refractivity contribution in [3.05, 3.63) is 39.7 Å². The van der Waals surface area contributed by atoms with Crippen LogP contribution in [0.25, 0.3) is 10.4 Å². The smallest absolute Gasteiger partial charge is 0.350 e. The number of carbonyl (C=O) groups excluding carboxylic acids is 1. The van der Waals surface area contributed by atoms with Crippen LogP contribution in [-0.4, -0.2) is 12.6 Å². The maximum Gasteiger partial charge on any atom is 0.350 e. The van der Waals surface area contributed by atoms with Gasteiger partial charge in [0.1, 0.15) is 4.88 Å². The van der Waals surface area contributed by atoms with Gasteiger partial charge in [-0.05, 0) is 37.1 Å². The first-order valence-electron chi connectivity index (χ1n) is 5.86. The zero-order chi connectivity index (χ0) is 14.0. The Bertz CT molecular complexity index is 622. The van der Waals surface area contributed by atoms with Crippen LogP contribution in [-0.2, 0) is 4.74 Å². The van der Waals surface area contributed by atoms with E-state index in [-0.39, 0.29) is 5.97 Å². The van der Waals surface area contributed by atoms with E-state index in [1.807, 2.05) is 25.1 Å². The monoisotopic (exact) mass is 295 g/mol. The lowest BCUT2D eigenvalue weighted by atomic mass is 10.1. The first-order chi connectivity index (χ1) is 9.04. The maximum absolute atomic E-state index is 11.7. The molecule has 1 heterocycles. The van der Waals surface area contributed by atoms with Gasteiger partial charge in [0.2, 0.25) is 0 Å². The number of halogens is 1. The molecule has 0 atom stereocenters. The van der Waals surface area contributed by atoms with Gasteiger partial charge in [-0.1, -0.05) is 23.7 Å². The number of nitrogens with two attached hydrogens (primary N) is 1. The Hall–Kier alpha value is -1.52. The summed E-state index contributed by atoms with van der Waals surface area (Å²) >= 11 is 7.43. The summed E-state index contributed by atoms with van der Waals surface area (Å²) in [5.74, 6) is -0.379. The van der Waals surface area contributed by atoms with Crippen molar-refractivity contribution in [2.75, 3.05) is 12.3 Å². The van der Waals surface area contributed by atoms with E-state index < -0.39 is 0 Å². The Morgan fingerprint density at radius 3 is 2.89 bits per heavy atom. The second-order valence-corrected chi connectivity index (χ2v) is 5.49. The van der Waals surface area contributed by atoms with Gasteiger partial charge in [-0.15, -0.1) is 11.3 Å². The number of ether oxygens (including phenoxy) is 1. The molecule has 2 aromatic rings. The summed E-state index contributed by atoms with van der Waals surface area (Å²) in [6, 6.07) is 7.46. The van der Waals surface area contributed by atoms with Gasteiger partial charge in [0.25, 0.3) is 0 Å². The number of rotatable bonds is 3. The predicted octanol–water partition coefficient (Wildman–Crippen LogP) is 4.14. The molecule has 5 heteroatoms. The van der Waals surface area contributed by atoms with Crippen LogP contribution in [0.1, 0.15) is 22.2 Å². The quantitative estimate of drug-likeness (QED) is 0.866. The molecule has 0 radical (unpaired) electrons. The first kappa shape index (κ1) is 13.9. The molecule has 0 aliphatic rings. The maximum atomic E-state index is 11.7. The minimum atomic E-state index is -0.379. The highest BCUT2D eigenvalue weighted by molar-refractivity contribution is 7.18. The fourth-order valence-corrected chi connectivity index (χ4v) is 3.00. The summed E-state index contributed by atoms with van der Waals surface area (Å²) in [7, 11) is 0. The Kier molecular flexibility index (Phi) is 4.12. The van der Waals surface area contributed by atoms with Gasteiger partial charge < -0.3 is 10.5 Å². The molecule has 19 heavy (non-hydrogen) atoms. The Morgan fingerprint density at radius 2 is 2.21 bits per heavy atom. The van der Waals surface area contributed by atoms with Gasteiger partial charge in [0.15, 0.2) is 0 Å². The number of esters is 1. The van der Waals surface area contributed by atoms with E-state index in [0.29, 0.717) is 22.2 Å². The van der Waals surface area contributed by atoms with E-state index in [1.165, 1.54) is 11.3 Å². The number of hydrogen-bond donors (Lipinski definition) is 1. The van der Waals surface area contributed by atoms with Gasteiger partial charge in [-0.25, -0.2) is 4.79 Å². The van der Waals surface area contributed by atoms with Crippen molar-refractivity contribution in [3.8, 4) is 10.4 Å². The van der Waals surface area contributed by atoms with Crippen molar-refractivity contribution >= 4 is 34.6 Å². The molecule has 100 valence electrons. The molecule has 2 rings (SSSR count). The molecule has 0 saturated heterocycles. The highest BCUT2D eigenvalue weighted by Gasteiger charge is 2.17. The third kappa shape index (κ3) is 2.74. The fourth-order valence-electron chi connectivity index (χ4n) is 1.77. The number of nitrogen functional groups attached to an aromatic ring is 1. The Balaban J connectivity index is 2.45. The highest BCUT2D eigenvalue weighted by Crippen LogP contribution is 2.37. The van der Waals surface area contributed by atoms with E-state index in [1.54, 1.807) is 13.0 Å². The van der Waals surface area contributed by atoms with Gasteiger partial charge in [0.05, 0.1) is 12.3 Å². The van der Waals surface area contributed by atoms with Crippen molar-refractivity contribution in [2.45, 2.75) is 13.8 Å². The highest BCUT2D eigenvalue weighted by atomic mass is 35.5. The van der Waals surface area contributed by atoms with E-state index >= 15 is 0 Å². The summed E-state index contributed by atoms with van der Waals surface area (Å²) in [6.07, 6.45) is 0. The van der Waals surface area contributed by atoms with Gasteiger partial charge in [-0.3, -0.25) is 0 Å². The van der Waals surface area contributed by atoms with E-state index in [4.69, 9.17) is 22.1 Å². The third-order valence-corrected chi connectivity index (χ3v) is 4.33. The van der Waals surface area contributed by atoms with Crippen LogP contribution in [0.5, 0.6) is 0 Å². The summed E-state index contributed by atoms with van der Waals surface area (Å²) in [5, 5.41) is 0.696. The third-order valence-electron chi connectivity index (χ3n) is 2.75. The predicted molar refractivity (Wildman–Crippen MR) is 79.9 cm³/mol. The molecule has 0 aliphatic heterocycles. The topological polar surface area (TPSA) is 52.3 Å². The molecule has 0 saturated carbocycles. The van der Waals surface area contributed by atoms with Crippen LogP contribution in [0.15, 0.2) is 24.3 Å². The molecule has 3 nitrogen and oxygen atoms in total. The van der Waals surface area contributed by atoms with Crippen LogP contribution in [0.3, 0.4) is 0 Å². The van der Waals surface area contributed by atoms with Crippen molar-refractivity contribution in [1.29, 1.82) is 0 Å². The van der Waals surface area contributed by atoms with Crippen LogP contribution in [0, 0.1) is 6.92 Å².